The van der Waals surface area contributed by atoms with Gasteiger partial charge in [0.05, 0.1) is 12.6 Å². The van der Waals surface area contributed by atoms with Crippen molar-refractivity contribution in [1.82, 2.24) is 0 Å². The van der Waals surface area contributed by atoms with E-state index in [1.807, 2.05) is 24.3 Å². The number of ether oxygens (including phenoxy) is 1. The Morgan fingerprint density at radius 1 is 1.50 bits per heavy atom. The maximum atomic E-state index is 5.72. The number of likely N-dealkylation sites (N-methyl/N-ethyl adjacent to an activating group) is 1. The molecule has 2 N–H and O–H groups in total. The van der Waals surface area contributed by atoms with Crippen LogP contribution in [-0.4, -0.2) is 31.3 Å². The van der Waals surface area contributed by atoms with Crippen LogP contribution < -0.4 is 10.6 Å². The molecule has 86 valence electrons. The number of hydrogen-bond donors (Lipinski definition) is 1. The number of anilines is 1. The second kappa shape index (κ2) is 4.80. The summed E-state index contributed by atoms with van der Waals surface area (Å²) in [6.07, 6.45) is 1.06. The molecule has 1 aliphatic heterocycles. The molecule has 1 unspecified atom stereocenters. The van der Waals surface area contributed by atoms with Gasteiger partial charge < -0.3 is 15.4 Å². The molecule has 0 aromatic heterocycles. The molecular weight excluding hydrogens is 220 g/mol. The lowest BCUT2D eigenvalue weighted by molar-refractivity contribution is 0.193. The first-order valence-corrected chi connectivity index (χ1v) is 5.80. The van der Waals surface area contributed by atoms with Crippen molar-refractivity contribution in [2.75, 3.05) is 25.2 Å². The number of hydrogen-bond acceptors (Lipinski definition) is 3. The lowest BCUT2D eigenvalue weighted by atomic mass is 10.1. The van der Waals surface area contributed by atoms with Crippen molar-refractivity contribution in [3.8, 4) is 0 Å². The first-order valence-electron chi connectivity index (χ1n) is 5.39. The van der Waals surface area contributed by atoms with E-state index in [0.29, 0.717) is 11.0 Å². The zero-order valence-electron chi connectivity index (χ0n) is 9.35. The fourth-order valence-electron chi connectivity index (χ4n) is 2.01. The van der Waals surface area contributed by atoms with Gasteiger partial charge in [-0.3, -0.25) is 0 Å². The molecule has 0 radical (unpaired) electrons. The summed E-state index contributed by atoms with van der Waals surface area (Å²) in [7, 11) is 2.07. The summed E-state index contributed by atoms with van der Waals surface area (Å²) in [4.78, 5) is 2.66. The Hall–Kier alpha value is -1.13. The van der Waals surface area contributed by atoms with E-state index in [2.05, 4.69) is 11.9 Å². The lowest BCUT2D eigenvalue weighted by Crippen LogP contribution is -2.33. The van der Waals surface area contributed by atoms with Gasteiger partial charge in [0.1, 0.15) is 4.99 Å². The molecule has 0 saturated carbocycles. The molecule has 1 aromatic rings. The Kier molecular flexibility index (Phi) is 3.41. The highest BCUT2D eigenvalue weighted by molar-refractivity contribution is 7.80. The van der Waals surface area contributed by atoms with Crippen LogP contribution in [-0.2, 0) is 4.74 Å². The Morgan fingerprint density at radius 2 is 2.25 bits per heavy atom. The molecule has 3 nitrogen and oxygen atoms in total. The van der Waals surface area contributed by atoms with E-state index in [0.717, 1.165) is 30.9 Å². The van der Waals surface area contributed by atoms with Gasteiger partial charge in [0.25, 0.3) is 0 Å². The molecule has 2 rings (SSSR count). The van der Waals surface area contributed by atoms with E-state index in [9.17, 15) is 0 Å². The minimum atomic E-state index is 0.426. The molecule has 0 spiro atoms. The van der Waals surface area contributed by atoms with Crippen LogP contribution in [0.2, 0.25) is 0 Å². The van der Waals surface area contributed by atoms with Crippen LogP contribution >= 0.6 is 12.2 Å². The van der Waals surface area contributed by atoms with E-state index in [-0.39, 0.29) is 0 Å². The third-order valence-corrected chi connectivity index (χ3v) is 3.22. The average molecular weight is 236 g/mol. The number of para-hydroxylation sites is 1. The fourth-order valence-corrected chi connectivity index (χ4v) is 2.19. The molecule has 1 fully saturated rings. The van der Waals surface area contributed by atoms with Gasteiger partial charge in [-0.2, -0.15) is 0 Å². The molecule has 1 saturated heterocycles. The van der Waals surface area contributed by atoms with E-state index in [1.54, 1.807) is 0 Å². The van der Waals surface area contributed by atoms with Crippen molar-refractivity contribution in [3.63, 3.8) is 0 Å². The topological polar surface area (TPSA) is 38.5 Å². The van der Waals surface area contributed by atoms with Gasteiger partial charge in [-0.15, -0.1) is 0 Å². The summed E-state index contributed by atoms with van der Waals surface area (Å²) in [5.74, 6) is 0. The second-order valence-electron chi connectivity index (χ2n) is 4.01. The highest BCUT2D eigenvalue weighted by Gasteiger charge is 2.22. The summed E-state index contributed by atoms with van der Waals surface area (Å²) in [5.41, 5.74) is 7.75. The number of thiocarbonyl (C=S) groups is 1. The van der Waals surface area contributed by atoms with E-state index < -0.39 is 0 Å². The molecule has 16 heavy (non-hydrogen) atoms. The molecule has 1 atom stereocenters. The van der Waals surface area contributed by atoms with Gasteiger partial charge in [0.15, 0.2) is 0 Å². The summed E-state index contributed by atoms with van der Waals surface area (Å²) < 4.78 is 5.39. The summed E-state index contributed by atoms with van der Waals surface area (Å²) in [6, 6.07) is 8.40. The highest BCUT2D eigenvalue weighted by Crippen LogP contribution is 2.24. The molecule has 4 heteroatoms. The average Bonchev–Trinajstić information content (AvgIpc) is 2.81. The Morgan fingerprint density at radius 3 is 2.88 bits per heavy atom. The number of benzene rings is 1. The summed E-state index contributed by atoms with van der Waals surface area (Å²) >= 11 is 5.06. The zero-order chi connectivity index (χ0) is 11.5. The quantitative estimate of drug-likeness (QED) is 0.808. The van der Waals surface area contributed by atoms with Crippen molar-refractivity contribution < 1.29 is 4.74 Å². The van der Waals surface area contributed by atoms with E-state index in [1.165, 1.54) is 0 Å². The molecule has 0 aliphatic carbocycles. The zero-order valence-corrected chi connectivity index (χ0v) is 10.2. The van der Waals surface area contributed by atoms with Crippen LogP contribution in [0, 0.1) is 0 Å². The van der Waals surface area contributed by atoms with Crippen LogP contribution in [0.4, 0.5) is 5.69 Å². The summed E-state index contributed by atoms with van der Waals surface area (Å²) in [5, 5.41) is 0. The van der Waals surface area contributed by atoms with E-state index in [4.69, 9.17) is 22.7 Å². The SMILES string of the molecule is CN(c1ccccc1C(N)=S)C1CCOC1. The smallest absolute Gasteiger partial charge is 0.106 e. The van der Waals surface area contributed by atoms with Gasteiger partial charge in [0, 0.05) is 24.9 Å². The maximum absolute atomic E-state index is 5.72. The third-order valence-electron chi connectivity index (χ3n) is 3.00. The fraction of sp³-hybridized carbons (Fsp3) is 0.417. The minimum absolute atomic E-state index is 0.426. The summed E-state index contributed by atoms with van der Waals surface area (Å²) in [6.45, 7) is 1.62. The third kappa shape index (κ3) is 2.18. The number of nitrogens with zero attached hydrogens (tertiary/aromatic N) is 1. The van der Waals surface area contributed by atoms with Crippen LogP contribution in [0.5, 0.6) is 0 Å². The van der Waals surface area contributed by atoms with Crippen molar-refractivity contribution in [3.05, 3.63) is 29.8 Å². The Bertz CT molecular complexity index is 388. The molecule has 0 bridgehead atoms. The molecular formula is C12H16N2OS. The highest BCUT2D eigenvalue weighted by atomic mass is 32.1. The predicted octanol–water partition coefficient (Wildman–Crippen LogP) is 1.55. The lowest BCUT2D eigenvalue weighted by Gasteiger charge is -2.27. The first kappa shape index (κ1) is 11.4. The first-order chi connectivity index (χ1) is 7.70. The standard InChI is InChI=1S/C12H16N2OS/c1-14(9-6-7-15-8-9)11-5-3-2-4-10(11)12(13)16/h2-5,9H,6-8H2,1H3,(H2,13,16). The maximum Gasteiger partial charge on any atom is 0.106 e. The van der Waals surface area contributed by atoms with Crippen molar-refractivity contribution in [1.29, 1.82) is 0 Å². The van der Waals surface area contributed by atoms with Crippen LogP contribution in [0.15, 0.2) is 24.3 Å². The van der Waals surface area contributed by atoms with Gasteiger partial charge >= 0.3 is 0 Å². The molecule has 0 amide bonds. The Labute approximate surface area is 101 Å². The number of rotatable bonds is 3. The molecule has 1 heterocycles. The van der Waals surface area contributed by atoms with Gasteiger partial charge in [-0.25, -0.2) is 0 Å². The van der Waals surface area contributed by atoms with Gasteiger partial charge in [-0.05, 0) is 18.6 Å². The van der Waals surface area contributed by atoms with Crippen LogP contribution in [0.1, 0.15) is 12.0 Å². The van der Waals surface area contributed by atoms with Crippen molar-refractivity contribution >= 4 is 22.9 Å². The monoisotopic (exact) mass is 236 g/mol. The normalized spacial score (nSPS) is 19.7. The molecule has 1 aliphatic rings. The van der Waals surface area contributed by atoms with Crippen LogP contribution in [0.3, 0.4) is 0 Å². The second-order valence-corrected chi connectivity index (χ2v) is 4.45. The Balaban J connectivity index is 2.27. The van der Waals surface area contributed by atoms with Crippen molar-refractivity contribution in [2.24, 2.45) is 5.73 Å². The molecule has 1 aromatic carbocycles. The van der Waals surface area contributed by atoms with Gasteiger partial charge in [-0.1, -0.05) is 24.4 Å². The van der Waals surface area contributed by atoms with Crippen molar-refractivity contribution in [2.45, 2.75) is 12.5 Å². The van der Waals surface area contributed by atoms with E-state index >= 15 is 0 Å². The largest absolute Gasteiger partial charge is 0.389 e. The number of nitrogens with two attached hydrogens (primary N) is 1. The minimum Gasteiger partial charge on any atom is -0.389 e. The van der Waals surface area contributed by atoms with Crippen LogP contribution in [0.25, 0.3) is 0 Å². The van der Waals surface area contributed by atoms with Gasteiger partial charge in [0.2, 0.25) is 0 Å². The predicted molar refractivity (Wildman–Crippen MR) is 70.0 cm³/mol.